The van der Waals surface area contributed by atoms with Gasteiger partial charge in [0, 0.05) is 19.2 Å². The summed E-state index contributed by atoms with van der Waals surface area (Å²) in [6.07, 6.45) is 1.42. The minimum Gasteiger partial charge on any atom is -0.324 e. The summed E-state index contributed by atoms with van der Waals surface area (Å²) in [6, 6.07) is 1.33. The lowest BCUT2D eigenvalue weighted by atomic mass is 10.0. The smallest absolute Gasteiger partial charge is 0.292 e. The largest absolute Gasteiger partial charge is 0.324 e. The van der Waals surface area contributed by atoms with Gasteiger partial charge < -0.3 is 10.6 Å². The van der Waals surface area contributed by atoms with Crippen LogP contribution >= 0.6 is 0 Å². The van der Waals surface area contributed by atoms with E-state index < -0.39 is 4.92 Å². The van der Waals surface area contributed by atoms with E-state index in [1.165, 1.54) is 12.3 Å². The summed E-state index contributed by atoms with van der Waals surface area (Å²) in [6.45, 7) is 2.85. The molecule has 1 aliphatic rings. The number of pyridine rings is 1. The van der Waals surface area contributed by atoms with Gasteiger partial charge in [-0.15, -0.1) is 0 Å². The Kier molecular flexibility index (Phi) is 3.01. The van der Waals surface area contributed by atoms with Crippen molar-refractivity contribution in [2.75, 3.05) is 18.4 Å². The molecule has 0 spiro atoms. The van der Waals surface area contributed by atoms with Gasteiger partial charge in [0.2, 0.25) is 5.91 Å². The van der Waals surface area contributed by atoms with Crippen molar-refractivity contribution >= 4 is 17.3 Å². The number of hydrogen-bond acceptors (Lipinski definition) is 5. The van der Waals surface area contributed by atoms with Crippen LogP contribution in [0, 0.1) is 23.0 Å². The Morgan fingerprint density at radius 2 is 2.35 bits per heavy atom. The van der Waals surface area contributed by atoms with E-state index in [4.69, 9.17) is 0 Å². The number of aromatic nitrogens is 1. The van der Waals surface area contributed by atoms with E-state index in [1.807, 2.05) is 0 Å². The maximum Gasteiger partial charge on any atom is 0.292 e. The Hall–Kier alpha value is -2.02. The summed E-state index contributed by atoms with van der Waals surface area (Å²) in [4.78, 5) is 25.7. The maximum atomic E-state index is 11.6. The topological polar surface area (TPSA) is 97.2 Å². The van der Waals surface area contributed by atoms with Crippen LogP contribution in [-0.4, -0.2) is 28.9 Å². The molecule has 0 bridgehead atoms. The molecule has 1 saturated heterocycles. The van der Waals surface area contributed by atoms with Gasteiger partial charge in [0.05, 0.1) is 22.7 Å². The average Bonchev–Trinajstić information content (AvgIpc) is 2.17. The van der Waals surface area contributed by atoms with Gasteiger partial charge in [0.15, 0.2) is 0 Å². The molecule has 1 aromatic rings. The number of nitrogens with zero attached hydrogens (tertiary/aromatic N) is 2. The molecular formula is C10H12N4O3. The van der Waals surface area contributed by atoms with Crippen molar-refractivity contribution in [2.45, 2.75) is 6.92 Å². The van der Waals surface area contributed by atoms with Crippen LogP contribution in [0.4, 0.5) is 11.4 Å². The Morgan fingerprint density at radius 1 is 1.65 bits per heavy atom. The number of rotatable bonds is 3. The van der Waals surface area contributed by atoms with Crippen LogP contribution in [0.5, 0.6) is 0 Å². The number of carbonyl (C=O) groups excluding carboxylic acids is 1. The fourth-order valence-electron chi connectivity index (χ4n) is 1.49. The minimum absolute atomic E-state index is 0.0599. The van der Waals surface area contributed by atoms with Crippen LogP contribution in [0.2, 0.25) is 0 Å². The van der Waals surface area contributed by atoms with Crippen molar-refractivity contribution in [3.8, 4) is 0 Å². The molecule has 7 nitrogen and oxygen atoms in total. The van der Waals surface area contributed by atoms with Gasteiger partial charge in [0.1, 0.15) is 5.69 Å². The number of nitro groups is 1. The van der Waals surface area contributed by atoms with Crippen LogP contribution in [0.1, 0.15) is 5.69 Å². The fourth-order valence-corrected chi connectivity index (χ4v) is 1.49. The number of carbonyl (C=O) groups is 1. The Morgan fingerprint density at radius 3 is 2.88 bits per heavy atom. The standard InChI is InChI=1S/C10H12N4O3/c1-6-9(14(16)17)2-8(5-12-6)13-10(15)7-3-11-4-7/h2,5,7,11H,3-4H2,1H3,(H,13,15). The van der Waals surface area contributed by atoms with Crippen molar-refractivity contribution in [2.24, 2.45) is 5.92 Å². The van der Waals surface area contributed by atoms with Crippen LogP contribution < -0.4 is 10.6 Å². The summed E-state index contributed by atoms with van der Waals surface area (Å²) >= 11 is 0. The summed E-state index contributed by atoms with van der Waals surface area (Å²) in [5.41, 5.74) is 0.604. The van der Waals surface area contributed by atoms with E-state index in [1.54, 1.807) is 6.92 Å². The van der Waals surface area contributed by atoms with Gasteiger partial charge in [-0.2, -0.15) is 0 Å². The molecule has 2 rings (SSSR count). The quantitative estimate of drug-likeness (QED) is 0.586. The third kappa shape index (κ3) is 2.39. The second-order valence-corrected chi connectivity index (χ2v) is 3.93. The Balaban J connectivity index is 2.13. The number of anilines is 1. The van der Waals surface area contributed by atoms with Crippen LogP contribution in [0.25, 0.3) is 0 Å². The fraction of sp³-hybridized carbons (Fsp3) is 0.400. The van der Waals surface area contributed by atoms with Gasteiger partial charge in [0.25, 0.3) is 5.69 Å². The van der Waals surface area contributed by atoms with Crippen molar-refractivity contribution in [3.63, 3.8) is 0 Å². The molecule has 1 fully saturated rings. The molecule has 2 heterocycles. The molecule has 0 atom stereocenters. The summed E-state index contributed by atoms with van der Waals surface area (Å²) in [5, 5.41) is 16.3. The lowest BCUT2D eigenvalue weighted by Crippen LogP contribution is -2.48. The molecular weight excluding hydrogens is 224 g/mol. The van der Waals surface area contributed by atoms with Gasteiger partial charge in [-0.1, -0.05) is 0 Å². The van der Waals surface area contributed by atoms with E-state index in [0.717, 1.165) is 0 Å². The first-order valence-electron chi connectivity index (χ1n) is 5.20. The number of aryl methyl sites for hydroxylation is 1. The predicted octanol–water partition coefficient (Wildman–Crippen LogP) is 0.456. The number of amides is 1. The van der Waals surface area contributed by atoms with Gasteiger partial charge in [-0.25, -0.2) is 0 Å². The number of hydrogen-bond donors (Lipinski definition) is 2. The molecule has 0 aliphatic carbocycles. The zero-order chi connectivity index (χ0) is 12.4. The van der Waals surface area contributed by atoms with E-state index in [2.05, 4.69) is 15.6 Å². The summed E-state index contributed by atoms with van der Waals surface area (Å²) < 4.78 is 0. The zero-order valence-electron chi connectivity index (χ0n) is 9.27. The zero-order valence-corrected chi connectivity index (χ0v) is 9.27. The highest BCUT2D eigenvalue weighted by Gasteiger charge is 2.25. The minimum atomic E-state index is -0.511. The highest BCUT2D eigenvalue weighted by atomic mass is 16.6. The Labute approximate surface area is 97.4 Å². The monoisotopic (exact) mass is 236 g/mol. The molecule has 1 aliphatic heterocycles. The SMILES string of the molecule is Cc1ncc(NC(=O)C2CNC2)cc1[N+](=O)[O-]. The second-order valence-electron chi connectivity index (χ2n) is 3.93. The molecule has 0 aromatic carbocycles. The maximum absolute atomic E-state index is 11.6. The number of nitrogens with one attached hydrogen (secondary N) is 2. The van der Waals surface area contributed by atoms with Gasteiger partial charge in [-0.05, 0) is 6.92 Å². The first kappa shape index (κ1) is 11.5. The average molecular weight is 236 g/mol. The second kappa shape index (κ2) is 4.46. The Bertz CT molecular complexity index is 471. The highest BCUT2D eigenvalue weighted by molar-refractivity contribution is 5.93. The molecule has 90 valence electrons. The summed E-state index contributed by atoms with van der Waals surface area (Å²) in [7, 11) is 0. The van der Waals surface area contributed by atoms with E-state index >= 15 is 0 Å². The lowest BCUT2D eigenvalue weighted by Gasteiger charge is -2.25. The molecule has 7 heteroatoms. The van der Waals surface area contributed by atoms with Gasteiger partial charge in [-0.3, -0.25) is 19.9 Å². The molecule has 1 amide bonds. The normalized spacial score (nSPS) is 15.1. The van der Waals surface area contributed by atoms with Crippen molar-refractivity contribution in [3.05, 3.63) is 28.1 Å². The molecule has 1 aromatic heterocycles. The first-order chi connectivity index (χ1) is 8.08. The molecule has 0 saturated carbocycles. The lowest BCUT2D eigenvalue weighted by molar-refractivity contribution is -0.385. The summed E-state index contributed by atoms with van der Waals surface area (Å²) in [5.74, 6) is -0.195. The van der Waals surface area contributed by atoms with E-state index in [0.29, 0.717) is 24.5 Å². The van der Waals surface area contributed by atoms with Crippen LogP contribution in [0.3, 0.4) is 0 Å². The molecule has 17 heavy (non-hydrogen) atoms. The third-order valence-corrected chi connectivity index (χ3v) is 2.68. The molecule has 2 N–H and O–H groups in total. The van der Waals surface area contributed by atoms with Crippen LogP contribution in [-0.2, 0) is 4.79 Å². The van der Waals surface area contributed by atoms with E-state index in [-0.39, 0.29) is 17.5 Å². The van der Waals surface area contributed by atoms with E-state index in [9.17, 15) is 14.9 Å². The highest BCUT2D eigenvalue weighted by Crippen LogP contribution is 2.20. The third-order valence-electron chi connectivity index (χ3n) is 2.68. The first-order valence-corrected chi connectivity index (χ1v) is 5.20. The molecule has 0 radical (unpaired) electrons. The van der Waals surface area contributed by atoms with Gasteiger partial charge >= 0.3 is 0 Å². The van der Waals surface area contributed by atoms with Crippen molar-refractivity contribution < 1.29 is 9.72 Å². The van der Waals surface area contributed by atoms with Crippen molar-refractivity contribution in [1.82, 2.24) is 10.3 Å². The van der Waals surface area contributed by atoms with Crippen LogP contribution in [0.15, 0.2) is 12.3 Å². The van der Waals surface area contributed by atoms with Crippen molar-refractivity contribution in [1.29, 1.82) is 0 Å². The molecule has 0 unspecified atom stereocenters. The predicted molar refractivity (Wildman–Crippen MR) is 60.6 cm³/mol.